The number of rotatable bonds is 4. The van der Waals surface area contributed by atoms with Crippen molar-refractivity contribution in [3.05, 3.63) is 30.1 Å². The highest BCUT2D eigenvalue weighted by Gasteiger charge is 2.31. The molecule has 4 N–H and O–H groups in total. The number of hydrogen-bond donors (Lipinski definition) is 4. The summed E-state index contributed by atoms with van der Waals surface area (Å²) in [6.07, 6.45) is 6.95. The molecule has 3 unspecified atom stereocenters. The van der Waals surface area contributed by atoms with E-state index in [0.717, 1.165) is 29.7 Å². The van der Waals surface area contributed by atoms with Crippen LogP contribution in [0.3, 0.4) is 0 Å². The number of carbonyl (C=O) groups is 2. The largest absolute Gasteiger partial charge is 0.352 e. The number of nitrogens with one attached hydrogen (secondary N) is 4. The summed E-state index contributed by atoms with van der Waals surface area (Å²) in [6, 6.07) is 7.51. The van der Waals surface area contributed by atoms with E-state index in [1.54, 1.807) is 0 Å². The lowest BCUT2D eigenvalue weighted by Crippen LogP contribution is -2.56. The Kier molecular flexibility index (Phi) is 5.50. The molecule has 4 rings (SSSR count). The van der Waals surface area contributed by atoms with Crippen LogP contribution in [0.5, 0.6) is 0 Å². The second-order valence-electron chi connectivity index (χ2n) is 8.13. The van der Waals surface area contributed by atoms with E-state index in [9.17, 15) is 9.59 Å². The molecule has 1 aromatic carbocycles. The van der Waals surface area contributed by atoms with Gasteiger partial charge in [0.2, 0.25) is 5.91 Å². The van der Waals surface area contributed by atoms with Crippen LogP contribution >= 0.6 is 0 Å². The summed E-state index contributed by atoms with van der Waals surface area (Å²) in [5.41, 5.74) is 1.91. The van der Waals surface area contributed by atoms with Crippen molar-refractivity contribution >= 4 is 23.0 Å². The van der Waals surface area contributed by atoms with Gasteiger partial charge in [-0.1, -0.05) is 31.4 Å². The molecule has 1 aliphatic heterocycles. The number of benzene rings is 1. The number of urea groups is 1. The van der Waals surface area contributed by atoms with Gasteiger partial charge in [0.15, 0.2) is 0 Å². The quantitative estimate of drug-likeness (QED) is 0.653. The number of carbonyl (C=O) groups excluding carboxylic acids is 2. The lowest BCUT2D eigenvalue weighted by molar-refractivity contribution is -0.123. The molecule has 0 bridgehead atoms. The van der Waals surface area contributed by atoms with E-state index in [4.69, 9.17) is 4.98 Å². The van der Waals surface area contributed by atoms with Crippen LogP contribution in [0.1, 0.15) is 63.7 Å². The van der Waals surface area contributed by atoms with Gasteiger partial charge in [-0.05, 0) is 44.2 Å². The molecule has 1 saturated heterocycles. The number of H-pyrrole nitrogens is 1. The molecule has 0 spiro atoms. The summed E-state index contributed by atoms with van der Waals surface area (Å²) in [5.74, 6) is 1.25. The van der Waals surface area contributed by atoms with Crippen LogP contribution < -0.4 is 16.0 Å². The summed E-state index contributed by atoms with van der Waals surface area (Å²) in [4.78, 5) is 32.5. The van der Waals surface area contributed by atoms with Crippen LogP contribution in [0, 0.1) is 5.92 Å². The zero-order valence-electron chi connectivity index (χ0n) is 16.3. The van der Waals surface area contributed by atoms with Gasteiger partial charge >= 0.3 is 6.03 Å². The van der Waals surface area contributed by atoms with Crippen molar-refractivity contribution in [2.24, 2.45) is 5.92 Å². The zero-order valence-corrected chi connectivity index (χ0v) is 16.3. The maximum Gasteiger partial charge on any atom is 0.315 e. The van der Waals surface area contributed by atoms with E-state index in [-0.39, 0.29) is 30.1 Å². The average Bonchev–Trinajstić information content (AvgIpc) is 3.13. The van der Waals surface area contributed by atoms with Gasteiger partial charge in [-0.25, -0.2) is 9.78 Å². The third-order valence-corrected chi connectivity index (χ3v) is 6.10. The lowest BCUT2D eigenvalue weighted by atomic mass is 9.83. The van der Waals surface area contributed by atoms with Gasteiger partial charge in [-0.15, -0.1) is 0 Å². The van der Waals surface area contributed by atoms with Crippen molar-refractivity contribution in [3.63, 3.8) is 0 Å². The third kappa shape index (κ3) is 4.13. The maximum atomic E-state index is 12.8. The predicted molar refractivity (Wildman–Crippen MR) is 108 cm³/mol. The SMILES string of the molecule is CC1NC(=O)CCC1NC(=O)NC(c1nc2ccccc2[nH]1)C1CCCCC1. The van der Waals surface area contributed by atoms with Crippen molar-refractivity contribution in [2.75, 3.05) is 0 Å². The summed E-state index contributed by atoms with van der Waals surface area (Å²) in [5, 5.41) is 9.14. The summed E-state index contributed by atoms with van der Waals surface area (Å²) in [7, 11) is 0. The Morgan fingerprint density at radius 2 is 1.96 bits per heavy atom. The molecule has 1 saturated carbocycles. The van der Waals surface area contributed by atoms with E-state index in [2.05, 4.69) is 20.9 Å². The molecule has 1 aliphatic carbocycles. The van der Waals surface area contributed by atoms with Gasteiger partial charge in [0.1, 0.15) is 5.82 Å². The Hall–Kier alpha value is -2.57. The number of aromatic amines is 1. The third-order valence-electron chi connectivity index (χ3n) is 6.10. The number of piperidine rings is 1. The number of fused-ring (bicyclic) bond motifs is 1. The fraction of sp³-hybridized carbons (Fsp3) is 0.571. The Labute approximate surface area is 165 Å². The fourth-order valence-electron chi connectivity index (χ4n) is 4.51. The summed E-state index contributed by atoms with van der Waals surface area (Å²) >= 11 is 0. The fourth-order valence-corrected chi connectivity index (χ4v) is 4.51. The van der Waals surface area contributed by atoms with Crippen molar-refractivity contribution in [3.8, 4) is 0 Å². The number of para-hydroxylation sites is 2. The second kappa shape index (κ2) is 8.20. The number of imidazole rings is 1. The standard InChI is InChI=1S/C21H29N5O2/c1-13-15(11-12-18(27)22-13)25-21(28)26-19(14-7-3-2-4-8-14)20-23-16-9-5-6-10-17(16)24-20/h5-6,9-10,13-15,19H,2-4,7-8,11-12H2,1H3,(H,22,27)(H,23,24)(H2,25,26,28). The topological polar surface area (TPSA) is 98.9 Å². The van der Waals surface area contributed by atoms with Gasteiger partial charge in [0.25, 0.3) is 0 Å². The van der Waals surface area contributed by atoms with Gasteiger partial charge in [-0.3, -0.25) is 4.79 Å². The Morgan fingerprint density at radius 3 is 2.71 bits per heavy atom. The van der Waals surface area contributed by atoms with Crippen molar-refractivity contribution in [1.29, 1.82) is 0 Å². The molecular weight excluding hydrogens is 354 g/mol. The molecule has 7 nitrogen and oxygen atoms in total. The molecular formula is C21H29N5O2. The average molecular weight is 383 g/mol. The van der Waals surface area contributed by atoms with Gasteiger partial charge in [-0.2, -0.15) is 0 Å². The van der Waals surface area contributed by atoms with Crippen molar-refractivity contribution in [1.82, 2.24) is 25.9 Å². The predicted octanol–water partition coefficient (Wildman–Crippen LogP) is 3.15. The molecule has 150 valence electrons. The Balaban J connectivity index is 1.50. The highest BCUT2D eigenvalue weighted by Crippen LogP contribution is 2.34. The molecule has 3 amide bonds. The summed E-state index contributed by atoms with van der Waals surface area (Å²) in [6.45, 7) is 1.93. The molecule has 2 aliphatic rings. The minimum atomic E-state index is -0.191. The first-order valence-corrected chi connectivity index (χ1v) is 10.4. The van der Waals surface area contributed by atoms with Crippen LogP contribution in [0.4, 0.5) is 4.79 Å². The molecule has 1 aromatic heterocycles. The second-order valence-corrected chi connectivity index (χ2v) is 8.13. The van der Waals surface area contributed by atoms with Crippen LogP contribution in [0.25, 0.3) is 11.0 Å². The molecule has 2 heterocycles. The van der Waals surface area contributed by atoms with E-state index in [1.165, 1.54) is 19.3 Å². The van der Waals surface area contributed by atoms with E-state index >= 15 is 0 Å². The van der Waals surface area contributed by atoms with Gasteiger partial charge < -0.3 is 20.9 Å². The monoisotopic (exact) mass is 383 g/mol. The van der Waals surface area contributed by atoms with E-state index in [1.807, 2.05) is 31.2 Å². The number of nitrogens with zero attached hydrogens (tertiary/aromatic N) is 1. The van der Waals surface area contributed by atoms with Crippen molar-refractivity contribution < 1.29 is 9.59 Å². The lowest BCUT2D eigenvalue weighted by Gasteiger charge is -2.33. The normalized spacial score (nSPS) is 24.5. The molecule has 2 aromatic rings. The Bertz CT molecular complexity index is 809. The molecule has 0 radical (unpaired) electrons. The molecule has 3 atom stereocenters. The van der Waals surface area contributed by atoms with Gasteiger partial charge in [0.05, 0.1) is 23.1 Å². The van der Waals surface area contributed by atoms with Crippen molar-refractivity contribution in [2.45, 2.75) is 70.0 Å². The Morgan fingerprint density at radius 1 is 1.18 bits per heavy atom. The minimum absolute atomic E-state index is 0.0494. The molecule has 2 fully saturated rings. The molecule has 7 heteroatoms. The van der Waals surface area contributed by atoms with E-state index < -0.39 is 0 Å². The zero-order chi connectivity index (χ0) is 19.5. The highest BCUT2D eigenvalue weighted by atomic mass is 16.2. The highest BCUT2D eigenvalue weighted by molar-refractivity contribution is 5.79. The van der Waals surface area contributed by atoms with Crippen LogP contribution in [-0.4, -0.2) is 34.0 Å². The van der Waals surface area contributed by atoms with Crippen LogP contribution in [0.2, 0.25) is 0 Å². The number of aromatic nitrogens is 2. The molecule has 28 heavy (non-hydrogen) atoms. The van der Waals surface area contributed by atoms with Gasteiger partial charge in [0, 0.05) is 12.5 Å². The minimum Gasteiger partial charge on any atom is -0.352 e. The summed E-state index contributed by atoms with van der Waals surface area (Å²) < 4.78 is 0. The number of amides is 3. The maximum absolute atomic E-state index is 12.8. The smallest absolute Gasteiger partial charge is 0.315 e. The number of hydrogen-bond acceptors (Lipinski definition) is 3. The first-order valence-electron chi connectivity index (χ1n) is 10.4. The van der Waals surface area contributed by atoms with Crippen LogP contribution in [-0.2, 0) is 4.79 Å². The van der Waals surface area contributed by atoms with E-state index in [0.29, 0.717) is 18.8 Å². The first kappa shape index (κ1) is 18.8. The van der Waals surface area contributed by atoms with Crippen LogP contribution in [0.15, 0.2) is 24.3 Å². The first-order chi connectivity index (χ1) is 13.6.